The average Bonchev–Trinajstić information content (AvgIpc) is 2.45. The fourth-order valence-electron chi connectivity index (χ4n) is 2.28. The molecule has 0 radical (unpaired) electrons. The smallest absolute Gasteiger partial charge is 0.339 e. The van der Waals surface area contributed by atoms with Crippen LogP contribution in [0.2, 0.25) is 0 Å². The third kappa shape index (κ3) is 4.20. The Morgan fingerprint density at radius 2 is 2.05 bits per heavy atom. The summed E-state index contributed by atoms with van der Waals surface area (Å²) in [4.78, 5) is 25.0. The van der Waals surface area contributed by atoms with Crippen molar-refractivity contribution >= 4 is 27.8 Å². The van der Waals surface area contributed by atoms with Gasteiger partial charge < -0.3 is 14.7 Å². The van der Waals surface area contributed by atoms with Crippen LogP contribution in [0.25, 0.3) is 0 Å². The van der Waals surface area contributed by atoms with Crippen LogP contribution in [0.5, 0.6) is 5.75 Å². The fourth-order valence-corrected chi connectivity index (χ4v) is 2.62. The lowest BCUT2D eigenvalue weighted by molar-refractivity contribution is -0.134. The van der Waals surface area contributed by atoms with Gasteiger partial charge in [0.15, 0.2) is 6.61 Å². The Hall–Kier alpha value is -1.56. The molecule has 21 heavy (non-hydrogen) atoms. The number of halogens is 1. The highest BCUT2D eigenvalue weighted by molar-refractivity contribution is 9.10. The molecule has 1 aromatic rings. The number of carbonyl (C=O) groups excluding carboxylic acids is 1. The maximum Gasteiger partial charge on any atom is 0.339 e. The molecule has 5 nitrogen and oxygen atoms in total. The zero-order valence-corrected chi connectivity index (χ0v) is 13.4. The zero-order valence-electron chi connectivity index (χ0n) is 11.8. The first-order valence-electron chi connectivity index (χ1n) is 6.91. The number of rotatable bonds is 4. The van der Waals surface area contributed by atoms with E-state index in [0.29, 0.717) is 10.4 Å². The second kappa shape index (κ2) is 6.93. The summed E-state index contributed by atoms with van der Waals surface area (Å²) < 4.78 is 6.13. The molecule has 1 aliphatic heterocycles. The molecule has 1 N–H and O–H groups in total. The second-order valence-electron chi connectivity index (χ2n) is 5.30. The topological polar surface area (TPSA) is 66.8 Å². The first-order valence-corrected chi connectivity index (χ1v) is 7.70. The molecular weight excluding hydrogens is 338 g/mol. The zero-order chi connectivity index (χ0) is 15.4. The Bertz CT molecular complexity index is 538. The lowest BCUT2D eigenvalue weighted by Crippen LogP contribution is -2.40. The number of likely N-dealkylation sites (tertiary alicyclic amines) is 1. The molecule has 0 bridgehead atoms. The van der Waals surface area contributed by atoms with Gasteiger partial charge in [0.25, 0.3) is 5.91 Å². The van der Waals surface area contributed by atoms with Gasteiger partial charge in [-0.1, -0.05) is 22.9 Å². The molecule has 1 saturated heterocycles. The molecule has 0 aliphatic carbocycles. The minimum Gasteiger partial charge on any atom is -0.483 e. The molecule has 6 heteroatoms. The number of nitrogens with zero attached hydrogens (tertiary/aromatic N) is 1. The van der Waals surface area contributed by atoms with E-state index in [1.165, 1.54) is 6.07 Å². The number of hydrogen-bond donors (Lipinski definition) is 1. The van der Waals surface area contributed by atoms with Crippen LogP contribution in [-0.2, 0) is 4.79 Å². The van der Waals surface area contributed by atoms with Gasteiger partial charge in [0.05, 0.1) is 0 Å². The molecule has 2 rings (SSSR count). The van der Waals surface area contributed by atoms with Crippen molar-refractivity contribution in [2.24, 2.45) is 5.92 Å². The second-order valence-corrected chi connectivity index (χ2v) is 6.21. The van der Waals surface area contributed by atoms with Gasteiger partial charge in [-0.2, -0.15) is 0 Å². The van der Waals surface area contributed by atoms with Crippen LogP contribution < -0.4 is 4.74 Å². The molecule has 1 fully saturated rings. The molecule has 1 aromatic carbocycles. The van der Waals surface area contributed by atoms with Gasteiger partial charge in [0.2, 0.25) is 0 Å². The van der Waals surface area contributed by atoms with E-state index in [4.69, 9.17) is 9.84 Å². The summed E-state index contributed by atoms with van der Waals surface area (Å²) in [6.07, 6.45) is 2.01. The number of hydrogen-bond acceptors (Lipinski definition) is 3. The first-order chi connectivity index (χ1) is 9.97. The average molecular weight is 356 g/mol. The minimum absolute atomic E-state index is 0.0540. The molecule has 0 unspecified atom stereocenters. The normalized spacial score (nSPS) is 15.8. The van der Waals surface area contributed by atoms with Crippen LogP contribution in [0.4, 0.5) is 0 Å². The van der Waals surface area contributed by atoms with Crippen molar-refractivity contribution < 1.29 is 19.4 Å². The van der Waals surface area contributed by atoms with Crippen molar-refractivity contribution in [2.45, 2.75) is 19.8 Å². The Kier molecular flexibility index (Phi) is 5.22. The molecule has 114 valence electrons. The van der Waals surface area contributed by atoms with Crippen LogP contribution in [0, 0.1) is 5.92 Å². The van der Waals surface area contributed by atoms with Gasteiger partial charge >= 0.3 is 5.97 Å². The predicted molar refractivity (Wildman–Crippen MR) is 81.6 cm³/mol. The number of carboxylic acid groups (broad SMARTS) is 1. The van der Waals surface area contributed by atoms with Crippen molar-refractivity contribution in [1.82, 2.24) is 4.90 Å². The van der Waals surface area contributed by atoms with Gasteiger partial charge in [-0.25, -0.2) is 4.79 Å². The lowest BCUT2D eigenvalue weighted by atomic mass is 9.99. The van der Waals surface area contributed by atoms with Gasteiger partial charge in [0, 0.05) is 17.6 Å². The SMILES string of the molecule is CC1CCN(C(=O)COc2cc(Br)ccc2C(=O)O)CC1. The van der Waals surface area contributed by atoms with E-state index in [1.54, 1.807) is 17.0 Å². The number of carbonyl (C=O) groups is 2. The molecule has 0 aromatic heterocycles. The molecule has 1 aliphatic rings. The molecule has 1 amide bonds. The van der Waals surface area contributed by atoms with Crippen LogP contribution >= 0.6 is 15.9 Å². The number of amides is 1. The number of piperidine rings is 1. The summed E-state index contributed by atoms with van der Waals surface area (Å²) in [6, 6.07) is 4.65. The third-order valence-electron chi connectivity index (χ3n) is 3.66. The van der Waals surface area contributed by atoms with Gasteiger partial charge in [-0.05, 0) is 37.0 Å². The number of benzene rings is 1. The van der Waals surface area contributed by atoms with E-state index in [1.807, 2.05) is 0 Å². The van der Waals surface area contributed by atoms with E-state index in [-0.39, 0.29) is 23.8 Å². The van der Waals surface area contributed by atoms with Gasteiger partial charge in [-0.15, -0.1) is 0 Å². The Labute approximate surface area is 132 Å². The summed E-state index contributed by atoms with van der Waals surface area (Å²) in [5.74, 6) is -0.316. The first kappa shape index (κ1) is 15.8. The van der Waals surface area contributed by atoms with E-state index >= 15 is 0 Å². The Morgan fingerprint density at radius 3 is 2.67 bits per heavy atom. The summed E-state index contributed by atoms with van der Waals surface area (Å²) in [6.45, 7) is 3.53. The van der Waals surface area contributed by atoms with Crippen molar-refractivity contribution in [3.05, 3.63) is 28.2 Å². The molecule has 1 heterocycles. The van der Waals surface area contributed by atoms with Crippen LogP contribution in [-0.4, -0.2) is 41.6 Å². The summed E-state index contributed by atoms with van der Waals surface area (Å²) in [7, 11) is 0. The Morgan fingerprint density at radius 1 is 1.38 bits per heavy atom. The number of ether oxygens (including phenoxy) is 1. The maximum atomic E-state index is 12.1. The highest BCUT2D eigenvalue weighted by Gasteiger charge is 2.21. The van der Waals surface area contributed by atoms with E-state index in [0.717, 1.165) is 25.9 Å². The van der Waals surface area contributed by atoms with Gasteiger partial charge in [-0.3, -0.25) is 4.79 Å². The Balaban J connectivity index is 1.98. The summed E-state index contributed by atoms with van der Waals surface area (Å²) in [5.41, 5.74) is 0.0540. The van der Waals surface area contributed by atoms with E-state index in [9.17, 15) is 9.59 Å². The largest absolute Gasteiger partial charge is 0.483 e. The predicted octanol–water partition coefficient (Wildman–Crippen LogP) is 2.78. The van der Waals surface area contributed by atoms with Crippen molar-refractivity contribution in [1.29, 1.82) is 0 Å². The molecular formula is C15H18BrNO4. The van der Waals surface area contributed by atoms with Crippen LogP contribution in [0.1, 0.15) is 30.1 Å². The van der Waals surface area contributed by atoms with Crippen molar-refractivity contribution in [3.63, 3.8) is 0 Å². The van der Waals surface area contributed by atoms with Crippen molar-refractivity contribution in [2.75, 3.05) is 19.7 Å². The maximum absolute atomic E-state index is 12.1. The van der Waals surface area contributed by atoms with Crippen molar-refractivity contribution in [3.8, 4) is 5.75 Å². The molecule has 0 spiro atoms. The molecule has 0 saturated carbocycles. The standard InChI is InChI=1S/C15H18BrNO4/c1-10-4-6-17(7-5-10)14(18)9-21-13-8-11(16)2-3-12(13)15(19)20/h2-3,8,10H,4-7,9H2,1H3,(H,19,20). The highest BCUT2D eigenvalue weighted by Crippen LogP contribution is 2.24. The fraction of sp³-hybridized carbons (Fsp3) is 0.467. The minimum atomic E-state index is -1.07. The van der Waals surface area contributed by atoms with Crippen LogP contribution in [0.3, 0.4) is 0 Å². The quantitative estimate of drug-likeness (QED) is 0.901. The molecule has 0 atom stereocenters. The van der Waals surface area contributed by atoms with E-state index < -0.39 is 5.97 Å². The summed E-state index contributed by atoms with van der Waals surface area (Å²) >= 11 is 3.27. The third-order valence-corrected chi connectivity index (χ3v) is 4.15. The summed E-state index contributed by atoms with van der Waals surface area (Å²) in [5, 5.41) is 9.11. The van der Waals surface area contributed by atoms with Crippen LogP contribution in [0.15, 0.2) is 22.7 Å². The number of carboxylic acids is 1. The lowest BCUT2D eigenvalue weighted by Gasteiger charge is -2.30. The van der Waals surface area contributed by atoms with E-state index in [2.05, 4.69) is 22.9 Å². The highest BCUT2D eigenvalue weighted by atomic mass is 79.9. The number of aromatic carboxylic acids is 1. The van der Waals surface area contributed by atoms with Gasteiger partial charge in [0.1, 0.15) is 11.3 Å². The monoisotopic (exact) mass is 355 g/mol.